The summed E-state index contributed by atoms with van der Waals surface area (Å²) in [6.45, 7) is 2.93. The molecule has 0 spiro atoms. The van der Waals surface area contributed by atoms with Gasteiger partial charge in [0.2, 0.25) is 0 Å². The molecule has 2 N–H and O–H groups in total. The van der Waals surface area contributed by atoms with Crippen LogP contribution < -0.4 is 20.3 Å². The van der Waals surface area contributed by atoms with Crippen molar-refractivity contribution >= 4 is 11.8 Å². The predicted octanol–water partition coefficient (Wildman–Crippen LogP) is 4.52. The van der Waals surface area contributed by atoms with Crippen LogP contribution in [0.5, 0.6) is 11.5 Å². The van der Waals surface area contributed by atoms with Crippen LogP contribution in [0.3, 0.4) is 0 Å². The Bertz CT molecular complexity index is 1010. The number of para-hydroxylation sites is 2. The quantitative estimate of drug-likeness (QED) is 0.396. The van der Waals surface area contributed by atoms with Crippen LogP contribution in [-0.4, -0.2) is 18.4 Å². The molecule has 6 nitrogen and oxygen atoms in total. The van der Waals surface area contributed by atoms with Crippen molar-refractivity contribution in [3.05, 3.63) is 95.6 Å². The van der Waals surface area contributed by atoms with Crippen LogP contribution in [0.2, 0.25) is 0 Å². The first-order valence-electron chi connectivity index (χ1n) is 10.3. The van der Waals surface area contributed by atoms with E-state index in [4.69, 9.17) is 9.47 Å². The lowest BCUT2D eigenvalue weighted by atomic mass is 10.2. The predicted molar refractivity (Wildman–Crippen MR) is 119 cm³/mol. The molecule has 3 aromatic rings. The average molecular weight is 418 g/mol. The summed E-state index contributed by atoms with van der Waals surface area (Å²) in [6, 6.07) is 23.5. The minimum Gasteiger partial charge on any atom is -0.493 e. The molecule has 0 bridgehead atoms. The zero-order valence-electron chi connectivity index (χ0n) is 17.5. The highest BCUT2D eigenvalue weighted by Crippen LogP contribution is 2.20. The molecule has 0 saturated heterocycles. The molecule has 0 aliphatic rings. The monoisotopic (exact) mass is 418 g/mol. The third-order valence-electron chi connectivity index (χ3n) is 4.55. The third-order valence-corrected chi connectivity index (χ3v) is 4.55. The molecule has 0 atom stereocenters. The Balaban J connectivity index is 1.62. The Morgan fingerprint density at radius 3 is 1.81 bits per heavy atom. The van der Waals surface area contributed by atoms with Crippen LogP contribution in [0.1, 0.15) is 46.0 Å². The summed E-state index contributed by atoms with van der Waals surface area (Å²) in [7, 11) is 0. The molecule has 0 aliphatic heterocycles. The Labute approximate surface area is 182 Å². The SMILES string of the molecule is CCCCOc1ccccc1C(=O)NNC(=O)c1ccccc1OCc1ccccc1. The highest BCUT2D eigenvalue weighted by Gasteiger charge is 2.16. The lowest BCUT2D eigenvalue weighted by molar-refractivity contribution is 0.0841. The van der Waals surface area contributed by atoms with Crippen LogP contribution in [0, 0.1) is 0 Å². The number of nitrogens with one attached hydrogen (secondary N) is 2. The molecular weight excluding hydrogens is 392 g/mol. The molecule has 0 saturated carbocycles. The van der Waals surface area contributed by atoms with Gasteiger partial charge in [-0.25, -0.2) is 0 Å². The Morgan fingerprint density at radius 2 is 1.23 bits per heavy atom. The Hall–Kier alpha value is -3.80. The maximum Gasteiger partial charge on any atom is 0.273 e. The average Bonchev–Trinajstić information content (AvgIpc) is 2.82. The summed E-state index contributed by atoms with van der Waals surface area (Å²) in [6.07, 6.45) is 1.89. The van der Waals surface area contributed by atoms with E-state index in [0.717, 1.165) is 18.4 Å². The number of carbonyl (C=O) groups is 2. The first-order chi connectivity index (χ1) is 15.2. The smallest absolute Gasteiger partial charge is 0.273 e. The fourth-order valence-corrected chi connectivity index (χ4v) is 2.87. The number of hydrogen-bond donors (Lipinski definition) is 2. The molecule has 3 aromatic carbocycles. The molecule has 3 rings (SSSR count). The number of benzene rings is 3. The van der Waals surface area contributed by atoms with Crippen molar-refractivity contribution in [3.63, 3.8) is 0 Å². The summed E-state index contributed by atoms with van der Waals surface area (Å²) >= 11 is 0. The highest BCUT2D eigenvalue weighted by molar-refractivity contribution is 6.01. The van der Waals surface area contributed by atoms with Gasteiger partial charge in [0.25, 0.3) is 11.8 Å². The standard InChI is InChI=1S/C25H26N2O4/c1-2-3-17-30-22-15-9-7-13-20(22)24(28)26-27-25(29)21-14-8-10-16-23(21)31-18-19-11-5-4-6-12-19/h4-16H,2-3,17-18H2,1H3,(H,26,28)(H,27,29). The maximum absolute atomic E-state index is 12.7. The van der Waals surface area contributed by atoms with Gasteiger partial charge in [-0.3, -0.25) is 20.4 Å². The number of carbonyl (C=O) groups excluding carboxylic acids is 2. The van der Waals surface area contributed by atoms with Gasteiger partial charge >= 0.3 is 0 Å². The second-order valence-corrected chi connectivity index (χ2v) is 6.88. The fourth-order valence-electron chi connectivity index (χ4n) is 2.87. The lowest BCUT2D eigenvalue weighted by Gasteiger charge is -2.14. The van der Waals surface area contributed by atoms with Crippen LogP contribution in [0.15, 0.2) is 78.9 Å². The van der Waals surface area contributed by atoms with Gasteiger partial charge in [-0.15, -0.1) is 0 Å². The molecule has 0 radical (unpaired) electrons. The zero-order chi connectivity index (χ0) is 21.9. The minimum absolute atomic E-state index is 0.325. The summed E-state index contributed by atoms with van der Waals surface area (Å²) in [5.74, 6) is -0.0137. The largest absolute Gasteiger partial charge is 0.493 e. The number of amides is 2. The first kappa shape index (κ1) is 21.9. The van der Waals surface area contributed by atoms with Gasteiger partial charge in [-0.2, -0.15) is 0 Å². The Kier molecular flexibility index (Phi) is 8.05. The van der Waals surface area contributed by atoms with Gasteiger partial charge in [0.1, 0.15) is 18.1 Å². The number of hydrazine groups is 1. The van der Waals surface area contributed by atoms with E-state index < -0.39 is 11.8 Å². The van der Waals surface area contributed by atoms with E-state index in [0.29, 0.717) is 35.8 Å². The third kappa shape index (κ3) is 6.34. The number of unbranched alkanes of at least 4 members (excludes halogenated alkanes) is 1. The number of ether oxygens (including phenoxy) is 2. The van der Waals surface area contributed by atoms with E-state index in [1.54, 1.807) is 48.5 Å². The molecule has 2 amide bonds. The van der Waals surface area contributed by atoms with E-state index in [1.807, 2.05) is 30.3 Å². The Morgan fingerprint density at radius 1 is 0.710 bits per heavy atom. The molecule has 0 aliphatic carbocycles. The second kappa shape index (κ2) is 11.4. The van der Waals surface area contributed by atoms with Gasteiger partial charge in [0, 0.05) is 0 Å². The van der Waals surface area contributed by atoms with Gasteiger partial charge in [-0.05, 0) is 36.2 Å². The summed E-state index contributed by atoms with van der Waals surface area (Å²) in [5, 5.41) is 0. The summed E-state index contributed by atoms with van der Waals surface area (Å²) in [5.41, 5.74) is 6.58. The van der Waals surface area contributed by atoms with Crippen molar-refractivity contribution < 1.29 is 19.1 Å². The highest BCUT2D eigenvalue weighted by atomic mass is 16.5. The lowest BCUT2D eigenvalue weighted by Crippen LogP contribution is -2.41. The van der Waals surface area contributed by atoms with Crippen molar-refractivity contribution in [2.75, 3.05) is 6.61 Å². The van der Waals surface area contributed by atoms with E-state index in [2.05, 4.69) is 17.8 Å². The van der Waals surface area contributed by atoms with Crippen LogP contribution in [0.25, 0.3) is 0 Å². The molecule has 0 heterocycles. The maximum atomic E-state index is 12.7. The van der Waals surface area contributed by atoms with Gasteiger partial charge in [-0.1, -0.05) is 67.9 Å². The van der Waals surface area contributed by atoms with E-state index >= 15 is 0 Å². The van der Waals surface area contributed by atoms with Crippen molar-refractivity contribution in [3.8, 4) is 11.5 Å². The molecule has 6 heteroatoms. The molecule has 0 unspecified atom stereocenters. The minimum atomic E-state index is -0.471. The van der Waals surface area contributed by atoms with Gasteiger partial charge in [0.15, 0.2) is 0 Å². The van der Waals surface area contributed by atoms with E-state index in [-0.39, 0.29) is 0 Å². The summed E-state index contributed by atoms with van der Waals surface area (Å²) in [4.78, 5) is 25.3. The normalized spacial score (nSPS) is 10.2. The first-order valence-corrected chi connectivity index (χ1v) is 10.3. The van der Waals surface area contributed by atoms with Gasteiger partial charge in [0.05, 0.1) is 17.7 Å². The summed E-state index contributed by atoms with van der Waals surface area (Å²) < 4.78 is 11.5. The molecule has 31 heavy (non-hydrogen) atoms. The van der Waals surface area contributed by atoms with E-state index in [9.17, 15) is 9.59 Å². The topological polar surface area (TPSA) is 76.7 Å². The van der Waals surface area contributed by atoms with Crippen molar-refractivity contribution in [2.45, 2.75) is 26.4 Å². The molecule has 0 aromatic heterocycles. The molecule has 160 valence electrons. The van der Waals surface area contributed by atoms with Crippen LogP contribution >= 0.6 is 0 Å². The van der Waals surface area contributed by atoms with Crippen LogP contribution in [0.4, 0.5) is 0 Å². The second-order valence-electron chi connectivity index (χ2n) is 6.88. The number of rotatable bonds is 9. The number of hydrogen-bond acceptors (Lipinski definition) is 4. The molecular formula is C25H26N2O4. The van der Waals surface area contributed by atoms with E-state index in [1.165, 1.54) is 0 Å². The van der Waals surface area contributed by atoms with Crippen molar-refractivity contribution in [1.29, 1.82) is 0 Å². The van der Waals surface area contributed by atoms with Crippen LogP contribution in [-0.2, 0) is 6.61 Å². The van der Waals surface area contributed by atoms with Crippen molar-refractivity contribution in [2.24, 2.45) is 0 Å². The van der Waals surface area contributed by atoms with Gasteiger partial charge < -0.3 is 9.47 Å². The molecule has 0 fully saturated rings. The zero-order valence-corrected chi connectivity index (χ0v) is 17.5. The fraction of sp³-hybridized carbons (Fsp3) is 0.200. The van der Waals surface area contributed by atoms with Crippen molar-refractivity contribution in [1.82, 2.24) is 10.9 Å².